The van der Waals surface area contributed by atoms with Gasteiger partial charge >= 0.3 is 0 Å². The van der Waals surface area contributed by atoms with Crippen molar-refractivity contribution in [2.45, 2.75) is 6.54 Å². The zero-order chi connectivity index (χ0) is 10.6. The van der Waals surface area contributed by atoms with Gasteiger partial charge in [0.1, 0.15) is 11.6 Å². The Morgan fingerprint density at radius 3 is 2.64 bits per heavy atom. The monoisotopic (exact) mass is 220 g/mol. The van der Waals surface area contributed by atoms with E-state index in [1.807, 2.05) is 0 Å². The summed E-state index contributed by atoms with van der Waals surface area (Å²) in [6, 6.07) is 2.05. The Balaban J connectivity index is 2.72. The Morgan fingerprint density at radius 1 is 1.29 bits per heavy atom. The van der Waals surface area contributed by atoms with Gasteiger partial charge in [0.05, 0.1) is 5.02 Å². The molecule has 0 aliphatic carbocycles. The highest BCUT2D eigenvalue weighted by Gasteiger charge is 2.07. The first-order valence-corrected chi connectivity index (χ1v) is 4.57. The van der Waals surface area contributed by atoms with Gasteiger partial charge in [0.15, 0.2) is 0 Å². The topological polar surface area (TPSA) is 38.0 Å². The van der Waals surface area contributed by atoms with Gasteiger partial charge < -0.3 is 11.1 Å². The van der Waals surface area contributed by atoms with E-state index in [9.17, 15) is 8.78 Å². The maximum absolute atomic E-state index is 13.1. The molecule has 0 saturated heterocycles. The molecule has 0 aliphatic heterocycles. The third-order valence-electron chi connectivity index (χ3n) is 1.73. The number of hydrogen-bond acceptors (Lipinski definition) is 2. The lowest BCUT2D eigenvalue weighted by Crippen LogP contribution is -2.22. The van der Waals surface area contributed by atoms with Crippen LogP contribution in [-0.4, -0.2) is 13.1 Å². The van der Waals surface area contributed by atoms with Crippen molar-refractivity contribution in [2.24, 2.45) is 5.73 Å². The fourth-order valence-corrected chi connectivity index (χ4v) is 1.21. The maximum atomic E-state index is 13.1. The van der Waals surface area contributed by atoms with Crippen molar-refractivity contribution in [3.63, 3.8) is 0 Å². The smallest absolute Gasteiger partial charge is 0.144 e. The van der Waals surface area contributed by atoms with Crippen molar-refractivity contribution in [3.05, 3.63) is 34.4 Å². The van der Waals surface area contributed by atoms with E-state index in [2.05, 4.69) is 5.32 Å². The van der Waals surface area contributed by atoms with Gasteiger partial charge in [-0.25, -0.2) is 8.78 Å². The molecule has 1 rings (SSSR count). The van der Waals surface area contributed by atoms with Gasteiger partial charge in [-0.05, 0) is 6.07 Å². The number of benzene rings is 1. The van der Waals surface area contributed by atoms with E-state index in [1.165, 1.54) is 6.07 Å². The van der Waals surface area contributed by atoms with Crippen LogP contribution in [0, 0.1) is 11.6 Å². The molecule has 0 amide bonds. The summed E-state index contributed by atoms with van der Waals surface area (Å²) in [5.41, 5.74) is 5.58. The van der Waals surface area contributed by atoms with Crippen LogP contribution in [0.5, 0.6) is 0 Å². The first-order valence-electron chi connectivity index (χ1n) is 4.19. The molecule has 14 heavy (non-hydrogen) atoms. The van der Waals surface area contributed by atoms with Crippen LogP contribution in [0.15, 0.2) is 12.1 Å². The van der Waals surface area contributed by atoms with Crippen LogP contribution >= 0.6 is 11.6 Å². The van der Waals surface area contributed by atoms with Crippen molar-refractivity contribution >= 4 is 11.6 Å². The Kier molecular flexibility index (Phi) is 4.25. The van der Waals surface area contributed by atoms with E-state index in [0.29, 0.717) is 25.2 Å². The fourth-order valence-electron chi connectivity index (χ4n) is 1.02. The highest BCUT2D eigenvalue weighted by atomic mass is 35.5. The SMILES string of the molecule is NCCNCc1cc(Cl)c(F)cc1F. The Morgan fingerprint density at radius 2 is 2.00 bits per heavy atom. The predicted molar refractivity (Wildman–Crippen MR) is 52.1 cm³/mol. The molecule has 1 aromatic rings. The van der Waals surface area contributed by atoms with Gasteiger partial charge in [0.2, 0.25) is 0 Å². The third kappa shape index (κ3) is 2.90. The standard InChI is InChI=1S/C9H11ClF2N2/c10-7-3-6(5-14-2-1-13)8(11)4-9(7)12/h3-4,14H,1-2,5,13H2. The van der Waals surface area contributed by atoms with E-state index in [4.69, 9.17) is 17.3 Å². The van der Waals surface area contributed by atoms with E-state index < -0.39 is 11.6 Å². The summed E-state index contributed by atoms with van der Waals surface area (Å²) >= 11 is 5.50. The van der Waals surface area contributed by atoms with E-state index in [0.717, 1.165) is 6.07 Å². The van der Waals surface area contributed by atoms with Gasteiger partial charge in [0.25, 0.3) is 0 Å². The molecule has 5 heteroatoms. The van der Waals surface area contributed by atoms with Crippen molar-refractivity contribution in [1.29, 1.82) is 0 Å². The number of nitrogens with two attached hydrogens (primary N) is 1. The second kappa shape index (κ2) is 5.24. The number of hydrogen-bond donors (Lipinski definition) is 2. The highest BCUT2D eigenvalue weighted by Crippen LogP contribution is 2.19. The third-order valence-corrected chi connectivity index (χ3v) is 2.02. The average molecular weight is 221 g/mol. The van der Waals surface area contributed by atoms with Crippen LogP contribution < -0.4 is 11.1 Å². The Labute approximate surface area is 86.1 Å². The van der Waals surface area contributed by atoms with Gasteiger partial charge in [-0.3, -0.25) is 0 Å². The molecule has 78 valence electrons. The minimum atomic E-state index is -0.744. The number of rotatable bonds is 4. The number of halogens is 3. The average Bonchev–Trinajstić information content (AvgIpc) is 2.14. The van der Waals surface area contributed by atoms with E-state index in [1.54, 1.807) is 0 Å². The van der Waals surface area contributed by atoms with Crippen molar-refractivity contribution in [2.75, 3.05) is 13.1 Å². The molecule has 1 aromatic carbocycles. The molecular weight excluding hydrogens is 210 g/mol. The zero-order valence-corrected chi connectivity index (χ0v) is 8.24. The molecule has 0 radical (unpaired) electrons. The molecule has 0 saturated carbocycles. The summed E-state index contributed by atoms with van der Waals surface area (Å²) in [7, 11) is 0. The summed E-state index contributed by atoms with van der Waals surface area (Å²) in [5.74, 6) is -1.34. The molecule has 0 unspecified atom stereocenters. The minimum Gasteiger partial charge on any atom is -0.329 e. The first-order chi connectivity index (χ1) is 6.65. The van der Waals surface area contributed by atoms with Crippen molar-refractivity contribution < 1.29 is 8.78 Å². The normalized spacial score (nSPS) is 10.6. The van der Waals surface area contributed by atoms with Gasteiger partial charge in [0, 0.05) is 31.3 Å². The summed E-state index contributed by atoms with van der Waals surface area (Å²) in [6.07, 6.45) is 0. The zero-order valence-electron chi connectivity index (χ0n) is 7.49. The molecule has 0 aliphatic rings. The lowest BCUT2D eigenvalue weighted by Gasteiger charge is -2.05. The summed E-state index contributed by atoms with van der Waals surface area (Å²) in [5, 5.41) is 2.82. The fraction of sp³-hybridized carbons (Fsp3) is 0.333. The summed E-state index contributed by atoms with van der Waals surface area (Å²) in [4.78, 5) is 0. The first kappa shape index (κ1) is 11.4. The van der Waals surface area contributed by atoms with Crippen LogP contribution in [-0.2, 0) is 6.54 Å². The second-order valence-corrected chi connectivity index (χ2v) is 3.23. The second-order valence-electron chi connectivity index (χ2n) is 2.82. The van der Waals surface area contributed by atoms with Gasteiger partial charge in [-0.15, -0.1) is 0 Å². The predicted octanol–water partition coefficient (Wildman–Crippen LogP) is 1.67. The molecule has 0 heterocycles. The molecule has 2 nitrogen and oxygen atoms in total. The Bertz CT molecular complexity index is 318. The lowest BCUT2D eigenvalue weighted by molar-refractivity contribution is 0.561. The summed E-state index contributed by atoms with van der Waals surface area (Å²) < 4.78 is 25.8. The molecule has 0 fully saturated rings. The van der Waals surface area contributed by atoms with E-state index >= 15 is 0 Å². The van der Waals surface area contributed by atoms with Gasteiger partial charge in [-0.1, -0.05) is 11.6 Å². The van der Waals surface area contributed by atoms with Crippen LogP contribution in [0.2, 0.25) is 5.02 Å². The van der Waals surface area contributed by atoms with Crippen molar-refractivity contribution in [1.82, 2.24) is 5.32 Å². The largest absolute Gasteiger partial charge is 0.329 e. The summed E-state index contributed by atoms with van der Waals surface area (Å²) in [6.45, 7) is 1.34. The van der Waals surface area contributed by atoms with Crippen molar-refractivity contribution in [3.8, 4) is 0 Å². The van der Waals surface area contributed by atoms with Gasteiger partial charge in [-0.2, -0.15) is 0 Å². The highest BCUT2D eigenvalue weighted by molar-refractivity contribution is 6.30. The molecule has 0 aromatic heterocycles. The molecule has 0 bridgehead atoms. The number of nitrogens with one attached hydrogen (secondary N) is 1. The Hall–Kier alpha value is -0.710. The quantitative estimate of drug-likeness (QED) is 0.598. The molecular formula is C9H11ClF2N2. The van der Waals surface area contributed by atoms with Crippen LogP contribution in [0.3, 0.4) is 0 Å². The molecule has 0 atom stereocenters. The van der Waals surface area contributed by atoms with Crippen LogP contribution in [0.25, 0.3) is 0 Å². The van der Waals surface area contributed by atoms with Crippen LogP contribution in [0.4, 0.5) is 8.78 Å². The lowest BCUT2D eigenvalue weighted by atomic mass is 10.2. The minimum absolute atomic E-state index is 0.0732. The molecule has 0 spiro atoms. The maximum Gasteiger partial charge on any atom is 0.144 e. The van der Waals surface area contributed by atoms with Crippen LogP contribution in [0.1, 0.15) is 5.56 Å². The molecule has 3 N–H and O–H groups in total. The van der Waals surface area contributed by atoms with E-state index in [-0.39, 0.29) is 5.02 Å².